The van der Waals surface area contributed by atoms with Crippen LogP contribution in [0.25, 0.3) is 72.7 Å². The summed E-state index contributed by atoms with van der Waals surface area (Å²) in [7, 11) is 0. The number of aryl methyl sites for hydroxylation is 1. The number of fused-ring (bicyclic) bond motifs is 5. The molecule has 6 aromatic carbocycles. The third kappa shape index (κ3) is 6.01. The number of nitrogens with zero attached hydrogens (tertiary/aromatic N) is 3. The highest BCUT2D eigenvalue weighted by atomic mass is 16.5. The number of pyridine rings is 1. The van der Waals surface area contributed by atoms with E-state index in [0.29, 0.717) is 0 Å². The molecule has 65 heavy (non-hydrogen) atoms. The van der Waals surface area contributed by atoms with Crippen LogP contribution in [0.4, 0.5) is 0 Å². The molecule has 0 radical (unpaired) electrons. The third-order valence-corrected chi connectivity index (χ3v) is 14.5. The molecule has 3 aliphatic rings. The van der Waals surface area contributed by atoms with Gasteiger partial charge in [0.1, 0.15) is 16.8 Å². The lowest BCUT2D eigenvalue weighted by Crippen LogP contribution is -2.78. The van der Waals surface area contributed by atoms with Gasteiger partial charge in [0.05, 0.1) is 5.56 Å². The Morgan fingerprint density at radius 2 is 1.18 bits per heavy atom. The van der Waals surface area contributed by atoms with Crippen molar-refractivity contribution in [2.24, 2.45) is 0 Å². The van der Waals surface area contributed by atoms with Crippen molar-refractivity contribution in [1.82, 2.24) is 4.57 Å². The van der Waals surface area contributed by atoms with Crippen molar-refractivity contribution in [3.63, 3.8) is 0 Å². The number of aromatic nitrogens is 3. The van der Waals surface area contributed by atoms with E-state index < -0.39 is 5.85 Å². The van der Waals surface area contributed by atoms with Gasteiger partial charge in [-0.25, -0.2) is 0 Å². The molecule has 5 heterocycles. The van der Waals surface area contributed by atoms with Gasteiger partial charge in [0, 0.05) is 28.8 Å². The average Bonchev–Trinajstić information content (AvgIpc) is 3.76. The van der Waals surface area contributed by atoms with Gasteiger partial charge in [-0.05, 0) is 121 Å². The molecule has 1 atom stereocenters. The summed E-state index contributed by atoms with van der Waals surface area (Å²) in [4.78, 5) is 0. The van der Waals surface area contributed by atoms with Crippen LogP contribution in [-0.4, -0.2) is 4.57 Å². The van der Waals surface area contributed by atoms with Crippen molar-refractivity contribution in [3.05, 3.63) is 167 Å². The van der Waals surface area contributed by atoms with E-state index in [4.69, 9.17) is 4.74 Å². The van der Waals surface area contributed by atoms with E-state index in [0.717, 1.165) is 34.9 Å². The minimum absolute atomic E-state index is 0.0779. The lowest BCUT2D eigenvalue weighted by molar-refractivity contribution is -0.997. The van der Waals surface area contributed by atoms with Crippen LogP contribution in [0.2, 0.25) is 0 Å². The number of rotatable bonds is 4. The molecule has 1 unspecified atom stereocenters. The summed E-state index contributed by atoms with van der Waals surface area (Å²) in [5, 5.41) is 0. The summed E-state index contributed by atoms with van der Waals surface area (Å²) in [6, 6.07) is 48.6. The summed E-state index contributed by atoms with van der Waals surface area (Å²) >= 11 is 0. The highest BCUT2D eigenvalue weighted by Crippen LogP contribution is 2.56. The molecular formula is C61H63N3O+2. The molecule has 1 spiro atoms. The zero-order valence-corrected chi connectivity index (χ0v) is 40.7. The highest BCUT2D eigenvalue weighted by Gasteiger charge is 2.69. The number of hydrogen-bond acceptors (Lipinski definition) is 1. The van der Waals surface area contributed by atoms with Gasteiger partial charge in [-0.2, -0.15) is 4.57 Å². The van der Waals surface area contributed by atoms with Crippen LogP contribution in [0.5, 0.6) is 5.75 Å². The molecule has 4 heteroatoms. The fraction of sp³-hybridized carbons (Fsp3) is 0.311. The fourth-order valence-electron chi connectivity index (χ4n) is 10.9. The molecule has 2 aromatic heterocycles. The quantitative estimate of drug-likeness (QED) is 0.162. The first-order valence-corrected chi connectivity index (χ1v) is 23.7. The molecule has 326 valence electrons. The molecule has 0 saturated heterocycles. The van der Waals surface area contributed by atoms with Gasteiger partial charge in [-0.1, -0.05) is 157 Å². The average molecular weight is 854 g/mol. The van der Waals surface area contributed by atoms with Crippen molar-refractivity contribution in [2.75, 3.05) is 0 Å². The normalized spacial score (nSPS) is 16.0. The first-order chi connectivity index (χ1) is 30.7. The Labute approximate surface area is 386 Å². The van der Waals surface area contributed by atoms with E-state index >= 15 is 0 Å². The number of imidazole rings is 1. The van der Waals surface area contributed by atoms with E-state index in [-0.39, 0.29) is 21.7 Å². The van der Waals surface area contributed by atoms with E-state index in [2.05, 4.69) is 237 Å². The lowest BCUT2D eigenvalue weighted by atomic mass is 9.78. The largest absolute Gasteiger partial charge is 0.499 e. The molecule has 0 fully saturated rings. The third-order valence-electron chi connectivity index (χ3n) is 14.5. The van der Waals surface area contributed by atoms with Gasteiger partial charge in [0.25, 0.3) is 0 Å². The topological polar surface area (TPSA) is 21.9 Å². The maximum absolute atomic E-state index is 8.14. The highest BCUT2D eigenvalue weighted by molar-refractivity contribution is 5.98. The Hall–Kier alpha value is -6.26. The second-order valence-corrected chi connectivity index (χ2v) is 23.0. The van der Waals surface area contributed by atoms with E-state index in [1.807, 2.05) is 0 Å². The van der Waals surface area contributed by atoms with Crippen LogP contribution in [-0.2, 0) is 33.9 Å². The number of hydrogen-bond donors (Lipinski definition) is 0. The Morgan fingerprint density at radius 1 is 0.523 bits per heavy atom. The predicted molar refractivity (Wildman–Crippen MR) is 268 cm³/mol. The molecule has 4 nitrogen and oxygen atoms in total. The number of ether oxygens (including phenoxy) is 1. The molecule has 0 bridgehead atoms. The first-order valence-electron chi connectivity index (χ1n) is 23.7. The van der Waals surface area contributed by atoms with Crippen molar-refractivity contribution >= 4 is 11.0 Å². The Balaban J connectivity index is 1.30. The smallest absolute Gasteiger partial charge is 0.392 e. The second kappa shape index (κ2) is 13.6. The van der Waals surface area contributed by atoms with Crippen LogP contribution >= 0.6 is 0 Å². The lowest BCUT2D eigenvalue weighted by Gasteiger charge is -2.36. The molecule has 11 rings (SSSR count). The van der Waals surface area contributed by atoms with Crippen molar-refractivity contribution in [1.29, 1.82) is 0 Å². The summed E-state index contributed by atoms with van der Waals surface area (Å²) in [5.41, 5.74) is 21.8. The van der Waals surface area contributed by atoms with Gasteiger partial charge < -0.3 is 4.74 Å². The maximum Gasteiger partial charge on any atom is 0.499 e. The SMILES string of the molecule is CCc1cc(-n2c3[n+]4c5c(cccc52)-c2cc(C(C)(C)C)cc5c2C4(Oc2c-3cc(C(C)(C)C)cc2C(C)(C)C)[n+]2ccc(-c3ccc(C(C)(C)C)cc3)cc2-5)ccc1-c1ccccc1. The standard InChI is InChI=1S/C61H63N3O/c1-14-37-31-44(27-28-45(37)39-19-16-15-17-20-39)63-51-22-18-21-46-47-33-42(58(5,6)7)34-48-52-32-40(38-23-25-41(26-24-38)57(2,3)4)29-30-62(52)61(53(47)48)64(54(46)51)56(63)49-35-43(59(8,9)10)36-50(55(49)65-61)60(11,12)13/h15-36H,14H2,1-13H3/q+2. The molecule has 0 saturated carbocycles. The van der Waals surface area contributed by atoms with Crippen LogP contribution < -0.4 is 13.9 Å². The van der Waals surface area contributed by atoms with Crippen molar-refractivity contribution in [2.45, 2.75) is 124 Å². The van der Waals surface area contributed by atoms with E-state index in [9.17, 15) is 0 Å². The Morgan fingerprint density at radius 3 is 1.85 bits per heavy atom. The minimum atomic E-state index is -1.05. The van der Waals surface area contributed by atoms with Gasteiger partial charge in [-0.3, -0.25) is 0 Å². The summed E-state index contributed by atoms with van der Waals surface area (Å²) in [6.45, 7) is 30.2. The zero-order valence-electron chi connectivity index (χ0n) is 40.7. The van der Waals surface area contributed by atoms with Crippen molar-refractivity contribution in [3.8, 4) is 67.5 Å². The zero-order chi connectivity index (χ0) is 45.7. The van der Waals surface area contributed by atoms with E-state index in [1.165, 1.54) is 83.4 Å². The van der Waals surface area contributed by atoms with Gasteiger partial charge >= 0.3 is 11.7 Å². The second-order valence-electron chi connectivity index (χ2n) is 23.0. The number of para-hydroxylation sites is 1. The molecule has 0 N–H and O–H groups in total. The van der Waals surface area contributed by atoms with Gasteiger partial charge in [0.2, 0.25) is 5.69 Å². The summed E-state index contributed by atoms with van der Waals surface area (Å²) in [6.07, 6.45) is 3.23. The monoisotopic (exact) mass is 853 g/mol. The Kier molecular flexibility index (Phi) is 8.70. The molecule has 8 aromatic rings. The first kappa shape index (κ1) is 41.4. The van der Waals surface area contributed by atoms with E-state index in [1.54, 1.807) is 0 Å². The molecule has 0 aliphatic carbocycles. The summed E-state index contributed by atoms with van der Waals surface area (Å²) in [5.74, 6) is 1.04. The summed E-state index contributed by atoms with van der Waals surface area (Å²) < 4.78 is 15.8. The fourth-order valence-corrected chi connectivity index (χ4v) is 10.9. The molecular weight excluding hydrogens is 791 g/mol. The van der Waals surface area contributed by atoms with Crippen molar-refractivity contribution < 1.29 is 13.9 Å². The molecule has 3 aliphatic heterocycles. The van der Waals surface area contributed by atoms with Crippen LogP contribution in [0.3, 0.4) is 0 Å². The van der Waals surface area contributed by atoms with Crippen LogP contribution in [0.15, 0.2) is 134 Å². The molecule has 0 amide bonds. The van der Waals surface area contributed by atoms with Crippen LogP contribution in [0.1, 0.15) is 123 Å². The minimum Gasteiger partial charge on any atom is -0.392 e. The Bertz CT molecular complexity index is 3280. The number of benzene rings is 6. The predicted octanol–water partition coefficient (Wildman–Crippen LogP) is 14.5. The van der Waals surface area contributed by atoms with Gasteiger partial charge in [0.15, 0.2) is 23.0 Å². The van der Waals surface area contributed by atoms with Crippen LogP contribution in [0, 0.1) is 0 Å². The van der Waals surface area contributed by atoms with Gasteiger partial charge in [-0.15, -0.1) is 9.13 Å². The maximum atomic E-state index is 8.14.